The Kier molecular flexibility index (Phi) is 4.97. The molecule has 0 unspecified atom stereocenters. The summed E-state index contributed by atoms with van der Waals surface area (Å²) in [6.07, 6.45) is 4.21. The van der Waals surface area contributed by atoms with E-state index in [1.807, 2.05) is 30.3 Å². The van der Waals surface area contributed by atoms with Gasteiger partial charge in [-0.05, 0) is 37.2 Å². The van der Waals surface area contributed by atoms with Gasteiger partial charge in [0.2, 0.25) is 5.91 Å². The van der Waals surface area contributed by atoms with Gasteiger partial charge >= 0.3 is 0 Å². The Morgan fingerprint density at radius 2 is 1.89 bits per heavy atom. The first-order valence-electron chi connectivity index (χ1n) is 7.17. The number of benzene rings is 1. The molecule has 2 rings (SSSR count). The Balaban J connectivity index is 1.93. The van der Waals surface area contributed by atoms with E-state index in [-0.39, 0.29) is 24.5 Å². The predicted molar refractivity (Wildman–Crippen MR) is 75.5 cm³/mol. The lowest BCUT2D eigenvalue weighted by Gasteiger charge is -2.27. The first-order valence-corrected chi connectivity index (χ1v) is 7.17. The van der Waals surface area contributed by atoms with Crippen LogP contribution in [0.5, 0.6) is 0 Å². The highest BCUT2D eigenvalue weighted by Gasteiger charge is 2.26. The van der Waals surface area contributed by atoms with Gasteiger partial charge in [-0.2, -0.15) is 0 Å². The van der Waals surface area contributed by atoms with Crippen LogP contribution in [0.25, 0.3) is 0 Å². The molecule has 1 amide bonds. The van der Waals surface area contributed by atoms with Crippen LogP contribution in [0.3, 0.4) is 0 Å². The van der Waals surface area contributed by atoms with Crippen LogP contribution in [-0.4, -0.2) is 17.6 Å². The average molecular weight is 261 g/mol. The van der Waals surface area contributed by atoms with E-state index in [0.29, 0.717) is 0 Å². The van der Waals surface area contributed by atoms with Crippen molar-refractivity contribution in [2.45, 2.75) is 38.6 Å². The van der Waals surface area contributed by atoms with Crippen molar-refractivity contribution in [2.24, 2.45) is 11.8 Å². The molecule has 3 heteroatoms. The number of amides is 1. The normalized spacial score (nSPS) is 24.7. The first kappa shape index (κ1) is 14.1. The summed E-state index contributed by atoms with van der Waals surface area (Å²) in [6, 6.07) is 9.36. The molecule has 1 aromatic rings. The monoisotopic (exact) mass is 261 g/mol. The van der Waals surface area contributed by atoms with Crippen LogP contribution in [0.4, 0.5) is 0 Å². The molecular weight excluding hydrogens is 238 g/mol. The summed E-state index contributed by atoms with van der Waals surface area (Å²) < 4.78 is 0. The Labute approximate surface area is 115 Å². The van der Waals surface area contributed by atoms with Gasteiger partial charge in [0.15, 0.2) is 0 Å². The van der Waals surface area contributed by atoms with Gasteiger partial charge in [0, 0.05) is 5.92 Å². The SMILES string of the molecule is CC1CCC(C(=O)N[C@H](CO)c2ccccc2)CC1. The van der Waals surface area contributed by atoms with Crippen LogP contribution >= 0.6 is 0 Å². The number of rotatable bonds is 4. The van der Waals surface area contributed by atoms with Crippen molar-refractivity contribution in [3.05, 3.63) is 35.9 Å². The molecule has 1 saturated carbocycles. The molecule has 1 aliphatic rings. The van der Waals surface area contributed by atoms with Crippen molar-refractivity contribution in [2.75, 3.05) is 6.61 Å². The summed E-state index contributed by atoms with van der Waals surface area (Å²) in [6.45, 7) is 2.19. The number of aliphatic hydroxyl groups is 1. The summed E-state index contributed by atoms with van der Waals surface area (Å²) in [5.41, 5.74) is 0.961. The highest BCUT2D eigenvalue weighted by Crippen LogP contribution is 2.28. The van der Waals surface area contributed by atoms with E-state index in [1.165, 1.54) is 0 Å². The van der Waals surface area contributed by atoms with Crippen molar-refractivity contribution in [3.63, 3.8) is 0 Å². The maximum Gasteiger partial charge on any atom is 0.223 e. The quantitative estimate of drug-likeness (QED) is 0.875. The van der Waals surface area contributed by atoms with E-state index in [4.69, 9.17) is 0 Å². The molecule has 2 N–H and O–H groups in total. The van der Waals surface area contributed by atoms with Gasteiger partial charge in [-0.3, -0.25) is 4.79 Å². The molecular formula is C16H23NO2. The highest BCUT2D eigenvalue weighted by atomic mass is 16.3. The van der Waals surface area contributed by atoms with Gasteiger partial charge in [-0.15, -0.1) is 0 Å². The van der Waals surface area contributed by atoms with Gasteiger partial charge in [0.25, 0.3) is 0 Å². The lowest BCUT2D eigenvalue weighted by atomic mass is 9.82. The van der Waals surface area contributed by atoms with E-state index >= 15 is 0 Å². The molecule has 1 aliphatic carbocycles. The minimum atomic E-state index is -0.284. The molecule has 19 heavy (non-hydrogen) atoms. The highest BCUT2D eigenvalue weighted by molar-refractivity contribution is 5.79. The van der Waals surface area contributed by atoms with E-state index < -0.39 is 0 Å². The molecule has 0 bridgehead atoms. The molecule has 104 valence electrons. The number of hydrogen-bond donors (Lipinski definition) is 2. The largest absolute Gasteiger partial charge is 0.394 e. The van der Waals surface area contributed by atoms with Gasteiger partial charge in [-0.25, -0.2) is 0 Å². The van der Waals surface area contributed by atoms with Crippen LogP contribution in [0, 0.1) is 11.8 Å². The molecule has 1 atom stereocenters. The second kappa shape index (κ2) is 6.71. The fourth-order valence-corrected chi connectivity index (χ4v) is 2.73. The molecule has 0 spiro atoms. The average Bonchev–Trinajstić information content (AvgIpc) is 2.46. The summed E-state index contributed by atoms with van der Waals surface area (Å²) in [5, 5.41) is 12.4. The van der Waals surface area contributed by atoms with E-state index in [0.717, 1.165) is 37.2 Å². The van der Waals surface area contributed by atoms with Crippen molar-refractivity contribution < 1.29 is 9.90 Å². The molecule has 0 aliphatic heterocycles. The van der Waals surface area contributed by atoms with E-state index in [2.05, 4.69) is 12.2 Å². The molecule has 1 fully saturated rings. The lowest BCUT2D eigenvalue weighted by Crippen LogP contribution is -2.37. The van der Waals surface area contributed by atoms with Crippen molar-refractivity contribution in [3.8, 4) is 0 Å². The smallest absolute Gasteiger partial charge is 0.223 e. The second-order valence-corrected chi connectivity index (χ2v) is 5.61. The number of carbonyl (C=O) groups excluding carboxylic acids is 1. The minimum absolute atomic E-state index is 0.0567. The summed E-state index contributed by atoms with van der Waals surface area (Å²) >= 11 is 0. The topological polar surface area (TPSA) is 49.3 Å². The van der Waals surface area contributed by atoms with Crippen molar-refractivity contribution in [1.29, 1.82) is 0 Å². The molecule has 0 saturated heterocycles. The maximum absolute atomic E-state index is 12.2. The Morgan fingerprint density at radius 3 is 2.47 bits per heavy atom. The Bertz CT molecular complexity index is 396. The van der Waals surface area contributed by atoms with Crippen molar-refractivity contribution in [1.82, 2.24) is 5.32 Å². The van der Waals surface area contributed by atoms with Crippen LogP contribution in [0.2, 0.25) is 0 Å². The molecule has 1 aromatic carbocycles. The summed E-state index contributed by atoms with van der Waals surface area (Å²) in [5.74, 6) is 0.954. The third-order valence-corrected chi connectivity index (χ3v) is 4.09. The van der Waals surface area contributed by atoms with Crippen LogP contribution in [0.1, 0.15) is 44.2 Å². The first-order chi connectivity index (χ1) is 9.20. The number of carbonyl (C=O) groups is 1. The van der Waals surface area contributed by atoms with Crippen LogP contribution in [0.15, 0.2) is 30.3 Å². The Morgan fingerprint density at radius 1 is 1.26 bits per heavy atom. The van der Waals surface area contributed by atoms with Gasteiger partial charge < -0.3 is 10.4 Å². The van der Waals surface area contributed by atoms with Crippen LogP contribution in [-0.2, 0) is 4.79 Å². The molecule has 0 radical (unpaired) electrons. The molecule has 0 aromatic heterocycles. The predicted octanol–water partition coefficient (Wildman–Crippen LogP) is 2.66. The zero-order valence-electron chi connectivity index (χ0n) is 11.5. The third-order valence-electron chi connectivity index (χ3n) is 4.09. The van der Waals surface area contributed by atoms with E-state index in [9.17, 15) is 9.90 Å². The molecule has 0 heterocycles. The zero-order chi connectivity index (χ0) is 13.7. The number of hydrogen-bond acceptors (Lipinski definition) is 2. The third kappa shape index (κ3) is 3.80. The lowest BCUT2D eigenvalue weighted by molar-refractivity contribution is -0.127. The Hall–Kier alpha value is -1.35. The van der Waals surface area contributed by atoms with Crippen LogP contribution < -0.4 is 5.32 Å². The zero-order valence-corrected chi connectivity index (χ0v) is 11.5. The van der Waals surface area contributed by atoms with E-state index in [1.54, 1.807) is 0 Å². The second-order valence-electron chi connectivity index (χ2n) is 5.61. The number of nitrogens with one attached hydrogen (secondary N) is 1. The number of aliphatic hydroxyl groups excluding tert-OH is 1. The summed E-state index contributed by atoms with van der Waals surface area (Å²) in [4.78, 5) is 12.2. The fourth-order valence-electron chi connectivity index (χ4n) is 2.73. The van der Waals surface area contributed by atoms with Gasteiger partial charge in [0.05, 0.1) is 12.6 Å². The van der Waals surface area contributed by atoms with Crippen molar-refractivity contribution >= 4 is 5.91 Å². The maximum atomic E-state index is 12.2. The standard InChI is InChI=1S/C16H23NO2/c1-12-7-9-14(10-8-12)16(19)17-15(11-18)13-5-3-2-4-6-13/h2-6,12,14-15,18H,7-11H2,1H3,(H,17,19)/t12?,14?,15-/m1/s1. The molecule has 3 nitrogen and oxygen atoms in total. The fraction of sp³-hybridized carbons (Fsp3) is 0.562. The van der Waals surface area contributed by atoms with Gasteiger partial charge in [0.1, 0.15) is 0 Å². The van der Waals surface area contributed by atoms with Gasteiger partial charge in [-0.1, -0.05) is 37.3 Å². The minimum Gasteiger partial charge on any atom is -0.394 e. The summed E-state index contributed by atoms with van der Waals surface area (Å²) in [7, 11) is 0.